The molecule has 0 aromatic heterocycles. The summed E-state index contributed by atoms with van der Waals surface area (Å²) in [6, 6.07) is 0.0821. The van der Waals surface area contributed by atoms with Crippen LogP contribution in [0.25, 0.3) is 0 Å². The molecule has 0 radical (unpaired) electrons. The summed E-state index contributed by atoms with van der Waals surface area (Å²) in [5.74, 6) is 0. The Morgan fingerprint density at radius 1 is 1.29 bits per heavy atom. The van der Waals surface area contributed by atoms with Gasteiger partial charge >= 0.3 is 0 Å². The topological polar surface area (TPSA) is 55.9 Å². The van der Waals surface area contributed by atoms with E-state index in [1.165, 1.54) is 4.31 Å². The van der Waals surface area contributed by atoms with Gasteiger partial charge in [-0.25, -0.2) is 0 Å². The number of hydrogen-bond donors (Lipinski definition) is 1. The third kappa shape index (κ3) is 5.49. The van der Waals surface area contributed by atoms with Crippen LogP contribution < -0.4 is 5.32 Å². The van der Waals surface area contributed by atoms with Crippen molar-refractivity contribution < 1.29 is 8.42 Å². The second-order valence-corrected chi connectivity index (χ2v) is 7.81. The van der Waals surface area contributed by atoms with Gasteiger partial charge in [-0.3, -0.25) is 0 Å². The van der Waals surface area contributed by atoms with Crippen LogP contribution in [0.1, 0.15) is 33.1 Å². The van der Waals surface area contributed by atoms with Crippen molar-refractivity contribution in [2.75, 3.05) is 53.4 Å². The molecule has 0 spiro atoms. The van der Waals surface area contributed by atoms with E-state index in [1.54, 1.807) is 11.4 Å². The van der Waals surface area contributed by atoms with Gasteiger partial charge in [0.1, 0.15) is 0 Å². The van der Waals surface area contributed by atoms with Crippen LogP contribution in [0.4, 0.5) is 0 Å². The summed E-state index contributed by atoms with van der Waals surface area (Å²) < 4.78 is 28.8. The molecule has 0 aliphatic carbocycles. The minimum atomic E-state index is -3.35. The summed E-state index contributed by atoms with van der Waals surface area (Å²) in [6.07, 6.45) is 2.60. The second kappa shape index (κ2) is 9.05. The molecular formula is C14H32N4O2S. The standard InChI is InChI=1S/C14H32N4O2S/c1-5-14-13-16(3)10-8-12-18(14)21(19,20)17(4)11-7-9-15-6-2/h14-15H,5-13H2,1-4H3. The molecule has 1 aliphatic rings. The van der Waals surface area contributed by atoms with E-state index in [4.69, 9.17) is 0 Å². The van der Waals surface area contributed by atoms with Crippen LogP contribution in [-0.4, -0.2) is 81.3 Å². The average Bonchev–Trinajstić information content (AvgIpc) is 2.64. The molecule has 1 aliphatic heterocycles. The van der Waals surface area contributed by atoms with Crippen LogP contribution in [0.15, 0.2) is 0 Å². The maximum Gasteiger partial charge on any atom is 0.282 e. The molecule has 1 heterocycles. The molecule has 0 aromatic rings. The summed E-state index contributed by atoms with van der Waals surface area (Å²) in [5, 5.41) is 3.23. The summed E-state index contributed by atoms with van der Waals surface area (Å²) in [7, 11) is 0.420. The molecule has 0 bridgehead atoms. The first-order chi connectivity index (χ1) is 9.93. The van der Waals surface area contributed by atoms with Crippen molar-refractivity contribution in [2.45, 2.75) is 39.2 Å². The number of nitrogens with zero attached hydrogens (tertiary/aromatic N) is 3. The summed E-state index contributed by atoms with van der Waals surface area (Å²) in [4.78, 5) is 2.23. The maximum atomic E-state index is 12.8. The zero-order valence-electron chi connectivity index (χ0n) is 14.0. The van der Waals surface area contributed by atoms with Crippen molar-refractivity contribution >= 4 is 10.2 Å². The fraction of sp³-hybridized carbons (Fsp3) is 1.00. The predicted octanol–water partition coefficient (Wildman–Crippen LogP) is 0.579. The molecule has 1 fully saturated rings. The first-order valence-electron chi connectivity index (χ1n) is 8.05. The summed E-state index contributed by atoms with van der Waals surface area (Å²) >= 11 is 0. The van der Waals surface area contributed by atoms with E-state index in [0.29, 0.717) is 13.1 Å². The van der Waals surface area contributed by atoms with Crippen molar-refractivity contribution in [3.8, 4) is 0 Å². The molecule has 1 unspecified atom stereocenters. The van der Waals surface area contributed by atoms with Crippen LogP contribution in [-0.2, 0) is 10.2 Å². The average molecular weight is 321 g/mol. The highest BCUT2D eigenvalue weighted by Gasteiger charge is 2.33. The van der Waals surface area contributed by atoms with Gasteiger partial charge in [0.25, 0.3) is 10.2 Å². The predicted molar refractivity (Wildman–Crippen MR) is 87.6 cm³/mol. The molecule has 126 valence electrons. The lowest BCUT2D eigenvalue weighted by atomic mass is 10.2. The maximum absolute atomic E-state index is 12.8. The van der Waals surface area contributed by atoms with Gasteiger partial charge in [-0.1, -0.05) is 13.8 Å². The van der Waals surface area contributed by atoms with Crippen molar-refractivity contribution in [3.05, 3.63) is 0 Å². The van der Waals surface area contributed by atoms with Gasteiger partial charge in [-0.15, -0.1) is 0 Å². The lowest BCUT2D eigenvalue weighted by molar-refractivity contribution is 0.257. The van der Waals surface area contributed by atoms with Crippen LogP contribution in [0.2, 0.25) is 0 Å². The van der Waals surface area contributed by atoms with Gasteiger partial charge in [0.2, 0.25) is 0 Å². The number of nitrogens with one attached hydrogen (secondary N) is 1. The van der Waals surface area contributed by atoms with Crippen LogP contribution in [0, 0.1) is 0 Å². The Bertz CT molecular complexity index is 388. The lowest BCUT2D eigenvalue weighted by Gasteiger charge is -2.32. The quantitative estimate of drug-likeness (QED) is 0.665. The van der Waals surface area contributed by atoms with Gasteiger partial charge in [-0.05, 0) is 45.9 Å². The second-order valence-electron chi connectivity index (χ2n) is 5.83. The lowest BCUT2D eigenvalue weighted by Crippen LogP contribution is -2.49. The third-order valence-electron chi connectivity index (χ3n) is 4.09. The van der Waals surface area contributed by atoms with Gasteiger partial charge < -0.3 is 10.2 Å². The smallest absolute Gasteiger partial charge is 0.282 e. The Kier molecular flexibility index (Phi) is 8.12. The Hall–Kier alpha value is -0.210. The number of hydrogen-bond acceptors (Lipinski definition) is 4. The van der Waals surface area contributed by atoms with Crippen LogP contribution in [0.3, 0.4) is 0 Å². The Morgan fingerprint density at radius 3 is 2.62 bits per heavy atom. The fourth-order valence-electron chi connectivity index (χ4n) is 2.76. The third-order valence-corrected chi connectivity index (χ3v) is 6.13. The molecule has 7 heteroatoms. The van der Waals surface area contributed by atoms with Gasteiger partial charge in [-0.2, -0.15) is 17.0 Å². The molecule has 6 nitrogen and oxygen atoms in total. The highest BCUT2D eigenvalue weighted by Crippen LogP contribution is 2.18. The Labute approximate surface area is 130 Å². The minimum Gasteiger partial charge on any atom is -0.317 e. The van der Waals surface area contributed by atoms with Crippen molar-refractivity contribution in [1.29, 1.82) is 0 Å². The van der Waals surface area contributed by atoms with E-state index < -0.39 is 10.2 Å². The van der Waals surface area contributed by atoms with E-state index >= 15 is 0 Å². The fourth-order valence-corrected chi connectivity index (χ4v) is 4.43. The van der Waals surface area contributed by atoms with E-state index in [1.807, 2.05) is 0 Å². The van der Waals surface area contributed by atoms with Crippen LogP contribution in [0.5, 0.6) is 0 Å². The molecular weight excluding hydrogens is 288 g/mol. The van der Waals surface area contributed by atoms with Crippen molar-refractivity contribution in [3.63, 3.8) is 0 Å². The minimum absolute atomic E-state index is 0.0821. The van der Waals surface area contributed by atoms with Gasteiger partial charge in [0.15, 0.2) is 0 Å². The molecule has 1 N–H and O–H groups in total. The molecule has 0 amide bonds. The first-order valence-corrected chi connectivity index (χ1v) is 9.45. The Balaban J connectivity index is 2.69. The molecule has 1 atom stereocenters. The molecule has 0 aromatic carbocycles. The molecule has 0 saturated carbocycles. The normalized spacial score (nSPS) is 22.6. The zero-order chi connectivity index (χ0) is 15.9. The van der Waals surface area contributed by atoms with E-state index in [0.717, 1.165) is 45.4 Å². The van der Waals surface area contributed by atoms with Crippen molar-refractivity contribution in [1.82, 2.24) is 18.8 Å². The number of likely N-dealkylation sites (N-methyl/N-ethyl adjacent to an activating group) is 1. The highest BCUT2D eigenvalue weighted by molar-refractivity contribution is 7.86. The summed E-state index contributed by atoms with van der Waals surface area (Å²) in [5.41, 5.74) is 0. The molecule has 1 saturated heterocycles. The highest BCUT2D eigenvalue weighted by atomic mass is 32.2. The van der Waals surface area contributed by atoms with Crippen molar-refractivity contribution in [2.24, 2.45) is 0 Å². The molecule has 21 heavy (non-hydrogen) atoms. The summed E-state index contributed by atoms with van der Waals surface area (Å²) in [6.45, 7) is 8.88. The van der Waals surface area contributed by atoms with Crippen LogP contribution >= 0.6 is 0 Å². The largest absolute Gasteiger partial charge is 0.317 e. The van der Waals surface area contributed by atoms with Gasteiger partial charge in [0.05, 0.1) is 0 Å². The van der Waals surface area contributed by atoms with Gasteiger partial charge in [0, 0.05) is 32.7 Å². The SMILES string of the molecule is CCNCCCN(C)S(=O)(=O)N1CCCN(C)CC1CC. The Morgan fingerprint density at radius 2 is 2.00 bits per heavy atom. The first kappa shape index (κ1) is 18.8. The number of rotatable bonds is 8. The molecule has 1 rings (SSSR count). The van der Waals surface area contributed by atoms with E-state index in [2.05, 4.69) is 31.1 Å². The van der Waals surface area contributed by atoms with E-state index in [-0.39, 0.29) is 6.04 Å². The van der Waals surface area contributed by atoms with E-state index in [9.17, 15) is 8.42 Å². The monoisotopic (exact) mass is 320 g/mol. The zero-order valence-corrected chi connectivity index (χ0v) is 14.8.